The highest BCUT2D eigenvalue weighted by Crippen LogP contribution is 2.53. The van der Waals surface area contributed by atoms with Crippen molar-refractivity contribution < 1.29 is 14.3 Å². The smallest absolute Gasteiger partial charge is 0.226 e. The number of amides is 1. The molecule has 1 saturated carbocycles. The Morgan fingerprint density at radius 3 is 2.89 bits per heavy atom. The number of thiophene rings is 1. The van der Waals surface area contributed by atoms with Crippen LogP contribution in [-0.2, 0) is 17.8 Å². The zero-order chi connectivity index (χ0) is 25.7. The van der Waals surface area contributed by atoms with Crippen molar-refractivity contribution in [1.29, 1.82) is 0 Å². The summed E-state index contributed by atoms with van der Waals surface area (Å²) in [6.07, 6.45) is 6.37. The fourth-order valence-electron chi connectivity index (χ4n) is 6.02. The second kappa shape index (κ2) is 9.39. The molecule has 0 saturated heterocycles. The lowest BCUT2D eigenvalue weighted by atomic mass is 9.69. The zero-order valence-electron chi connectivity index (χ0n) is 20.5. The van der Waals surface area contributed by atoms with Gasteiger partial charge in [-0.3, -0.25) is 4.79 Å². The van der Waals surface area contributed by atoms with Crippen molar-refractivity contribution in [3.8, 4) is 5.69 Å². The third-order valence-corrected chi connectivity index (χ3v) is 9.24. The number of hydrogen-bond acceptors (Lipinski definition) is 4. The van der Waals surface area contributed by atoms with Gasteiger partial charge in [0.1, 0.15) is 5.82 Å². The molecule has 37 heavy (non-hydrogen) atoms. The summed E-state index contributed by atoms with van der Waals surface area (Å²) in [5, 5.41) is 18.2. The van der Waals surface area contributed by atoms with Crippen LogP contribution in [-0.4, -0.2) is 38.8 Å². The van der Waals surface area contributed by atoms with Crippen molar-refractivity contribution in [3.63, 3.8) is 0 Å². The van der Waals surface area contributed by atoms with Crippen LogP contribution in [0.3, 0.4) is 0 Å². The van der Waals surface area contributed by atoms with E-state index in [9.17, 15) is 14.3 Å². The molecule has 0 radical (unpaired) electrons. The van der Waals surface area contributed by atoms with Gasteiger partial charge in [0.05, 0.1) is 24.2 Å². The van der Waals surface area contributed by atoms with Crippen molar-refractivity contribution in [1.82, 2.24) is 14.7 Å². The summed E-state index contributed by atoms with van der Waals surface area (Å²) in [6, 6.07) is 12.2. The number of aromatic nitrogens is 2. The van der Waals surface area contributed by atoms with Crippen molar-refractivity contribution >= 4 is 45.0 Å². The zero-order valence-corrected chi connectivity index (χ0v) is 22.0. The average Bonchev–Trinajstić information content (AvgIpc) is 3.57. The van der Waals surface area contributed by atoms with Crippen molar-refractivity contribution in [3.05, 3.63) is 87.3 Å². The molecule has 0 bridgehead atoms. The SMILES string of the molecule is C[C@]12Cc3cnn(-c4ccc(F)cc4)c3C=C1CC[C@@H]2C(=O)N(CCO)Cc1csc2ccc(Cl)cc12. The Kier molecular flexibility index (Phi) is 6.18. The standard InChI is InChI=1S/C29H27ClFN3O2S/c1-29-14-18-15-32-34(23-6-4-22(31)5-7-23)26(18)12-20(29)2-8-25(29)28(36)33(10-11-35)16-19-17-37-27-9-3-21(30)13-24(19)27/h3-7,9,12-13,15,17,25,35H,2,8,10-11,14,16H2,1H3/t25-,29+/m1/s1. The monoisotopic (exact) mass is 535 g/mol. The van der Waals surface area contributed by atoms with E-state index in [1.54, 1.807) is 28.4 Å². The number of carbonyl (C=O) groups excluding carboxylic acids is 1. The number of fused-ring (bicyclic) bond motifs is 3. The number of aliphatic hydroxyl groups is 1. The highest BCUT2D eigenvalue weighted by atomic mass is 35.5. The Labute approximate surface area is 223 Å². The van der Waals surface area contributed by atoms with E-state index in [1.807, 2.05) is 29.1 Å². The number of carbonyl (C=O) groups is 1. The molecule has 2 atom stereocenters. The molecule has 1 fully saturated rings. The molecule has 2 aromatic heterocycles. The predicted octanol–water partition coefficient (Wildman–Crippen LogP) is 6.26. The Bertz CT molecular complexity index is 1530. The number of halogens is 2. The number of nitrogens with zero attached hydrogens (tertiary/aromatic N) is 3. The van der Waals surface area contributed by atoms with Crippen molar-refractivity contribution in [2.24, 2.45) is 11.3 Å². The van der Waals surface area contributed by atoms with Crippen LogP contribution in [0.1, 0.15) is 36.6 Å². The van der Waals surface area contributed by atoms with Gasteiger partial charge in [-0.1, -0.05) is 24.1 Å². The van der Waals surface area contributed by atoms with Crippen LogP contribution in [0.15, 0.2) is 59.6 Å². The highest BCUT2D eigenvalue weighted by molar-refractivity contribution is 7.17. The Hall–Kier alpha value is -3.00. The minimum absolute atomic E-state index is 0.0794. The maximum atomic E-state index is 14.0. The van der Waals surface area contributed by atoms with Crippen LogP contribution in [0.25, 0.3) is 21.8 Å². The van der Waals surface area contributed by atoms with Gasteiger partial charge in [0.2, 0.25) is 5.91 Å². The quantitative estimate of drug-likeness (QED) is 0.317. The summed E-state index contributed by atoms with van der Waals surface area (Å²) in [7, 11) is 0. The highest BCUT2D eigenvalue weighted by Gasteiger charge is 2.49. The fourth-order valence-corrected chi connectivity index (χ4v) is 7.12. The lowest BCUT2D eigenvalue weighted by Crippen LogP contribution is -2.43. The number of hydrogen-bond donors (Lipinski definition) is 1. The van der Waals surface area contributed by atoms with Crippen LogP contribution in [0.4, 0.5) is 4.39 Å². The van der Waals surface area contributed by atoms with Crippen molar-refractivity contribution in [2.45, 2.75) is 32.7 Å². The molecule has 0 aliphatic heterocycles. The van der Waals surface area contributed by atoms with E-state index in [0.717, 1.165) is 51.9 Å². The second-order valence-electron chi connectivity index (χ2n) is 10.2. The summed E-state index contributed by atoms with van der Waals surface area (Å²) < 4.78 is 16.4. The first kappa shape index (κ1) is 24.3. The van der Waals surface area contributed by atoms with Gasteiger partial charge < -0.3 is 10.0 Å². The largest absolute Gasteiger partial charge is 0.395 e. The molecule has 2 aromatic carbocycles. The van der Waals surface area contributed by atoms with Crippen LogP contribution < -0.4 is 0 Å². The van der Waals surface area contributed by atoms with Gasteiger partial charge >= 0.3 is 0 Å². The van der Waals surface area contributed by atoms with Gasteiger partial charge in [0, 0.05) is 34.1 Å². The molecule has 5 nitrogen and oxygen atoms in total. The first-order valence-electron chi connectivity index (χ1n) is 12.5. The Balaban J connectivity index is 1.28. The molecular formula is C29H27ClFN3O2S. The second-order valence-corrected chi connectivity index (χ2v) is 11.5. The molecule has 190 valence electrons. The van der Waals surface area contributed by atoms with Gasteiger partial charge in [0.15, 0.2) is 0 Å². The van der Waals surface area contributed by atoms with Gasteiger partial charge in [-0.2, -0.15) is 5.10 Å². The Morgan fingerprint density at radius 2 is 2.11 bits per heavy atom. The summed E-state index contributed by atoms with van der Waals surface area (Å²) in [5.41, 5.74) is 4.89. The van der Waals surface area contributed by atoms with Crippen LogP contribution in [0, 0.1) is 17.2 Å². The van der Waals surface area contributed by atoms with E-state index in [1.165, 1.54) is 17.7 Å². The third kappa shape index (κ3) is 4.19. The average molecular weight is 536 g/mol. The van der Waals surface area contributed by atoms with Gasteiger partial charge in [-0.05, 0) is 89.7 Å². The molecule has 8 heteroatoms. The van der Waals surface area contributed by atoms with Gasteiger partial charge in [-0.15, -0.1) is 11.3 Å². The predicted molar refractivity (Wildman–Crippen MR) is 145 cm³/mol. The summed E-state index contributed by atoms with van der Waals surface area (Å²) in [5.74, 6) is -0.379. The van der Waals surface area contributed by atoms with E-state index in [4.69, 9.17) is 11.6 Å². The maximum Gasteiger partial charge on any atom is 0.226 e. The summed E-state index contributed by atoms with van der Waals surface area (Å²) in [6.45, 7) is 2.83. The van der Waals surface area contributed by atoms with E-state index in [2.05, 4.69) is 23.5 Å². The lowest BCUT2D eigenvalue weighted by molar-refractivity contribution is -0.139. The first-order chi connectivity index (χ1) is 17.9. The summed E-state index contributed by atoms with van der Waals surface area (Å²) >= 11 is 7.89. The first-order valence-corrected chi connectivity index (χ1v) is 13.7. The van der Waals surface area contributed by atoms with Crippen molar-refractivity contribution in [2.75, 3.05) is 13.2 Å². The van der Waals surface area contributed by atoms with Crippen LogP contribution in [0.2, 0.25) is 5.02 Å². The van der Waals surface area contributed by atoms with Crippen LogP contribution in [0.5, 0.6) is 0 Å². The fraction of sp³-hybridized carbons (Fsp3) is 0.310. The minimum Gasteiger partial charge on any atom is -0.395 e. The normalized spacial score (nSPS) is 20.5. The molecular weight excluding hydrogens is 509 g/mol. The Morgan fingerprint density at radius 1 is 1.30 bits per heavy atom. The number of rotatable bonds is 6. The molecule has 2 aliphatic rings. The van der Waals surface area contributed by atoms with E-state index in [0.29, 0.717) is 11.6 Å². The molecule has 0 unspecified atom stereocenters. The van der Waals surface area contributed by atoms with E-state index >= 15 is 0 Å². The minimum atomic E-state index is -0.311. The maximum absolute atomic E-state index is 14.0. The van der Waals surface area contributed by atoms with Crippen LogP contribution >= 0.6 is 22.9 Å². The van der Waals surface area contributed by atoms with E-state index in [-0.39, 0.29) is 36.2 Å². The van der Waals surface area contributed by atoms with Gasteiger partial charge in [-0.25, -0.2) is 9.07 Å². The molecule has 0 spiro atoms. The number of aliphatic hydroxyl groups excluding tert-OH is 1. The molecule has 6 rings (SSSR count). The topological polar surface area (TPSA) is 58.4 Å². The molecule has 4 aromatic rings. The number of allylic oxidation sites excluding steroid dienone is 1. The number of benzene rings is 2. The summed E-state index contributed by atoms with van der Waals surface area (Å²) in [4.78, 5) is 15.8. The third-order valence-electron chi connectivity index (χ3n) is 7.99. The molecule has 1 N–H and O–H groups in total. The lowest BCUT2D eigenvalue weighted by Gasteiger charge is -2.37. The molecule has 2 aliphatic carbocycles. The molecule has 1 amide bonds. The van der Waals surface area contributed by atoms with Gasteiger partial charge in [0.25, 0.3) is 0 Å². The van der Waals surface area contributed by atoms with E-state index < -0.39 is 0 Å². The molecule has 2 heterocycles.